The van der Waals surface area contributed by atoms with E-state index in [9.17, 15) is 4.79 Å². The van der Waals surface area contributed by atoms with Crippen molar-refractivity contribution in [2.75, 3.05) is 32.7 Å². The van der Waals surface area contributed by atoms with Crippen LogP contribution in [0.1, 0.15) is 34.4 Å². The standard InChI is InChI=1S/C20H26N6O2/c1-3-24-7-9-25(10-8-24)14-17-11-18(23-28-17)20(27)21-12-16-13-26-6-4-5-15(2)19(26)22-16/h4-6,11,13H,3,7-10,12,14H2,1-2H3,(H,21,27). The van der Waals surface area contributed by atoms with Crippen molar-refractivity contribution in [2.24, 2.45) is 0 Å². The Bertz CT molecular complexity index is 955. The van der Waals surface area contributed by atoms with Gasteiger partial charge in [-0.2, -0.15) is 0 Å². The molecule has 1 saturated heterocycles. The lowest BCUT2D eigenvalue weighted by Gasteiger charge is -2.33. The van der Waals surface area contributed by atoms with Crippen molar-refractivity contribution in [3.63, 3.8) is 0 Å². The Kier molecular flexibility index (Phi) is 5.40. The van der Waals surface area contributed by atoms with Crippen LogP contribution in [0.3, 0.4) is 0 Å². The maximum atomic E-state index is 12.4. The summed E-state index contributed by atoms with van der Waals surface area (Å²) >= 11 is 0. The van der Waals surface area contributed by atoms with Gasteiger partial charge < -0.3 is 19.1 Å². The molecule has 28 heavy (non-hydrogen) atoms. The maximum Gasteiger partial charge on any atom is 0.273 e. The van der Waals surface area contributed by atoms with Gasteiger partial charge in [-0.25, -0.2) is 4.98 Å². The topological polar surface area (TPSA) is 78.9 Å². The van der Waals surface area contributed by atoms with Gasteiger partial charge in [0.05, 0.1) is 18.8 Å². The first-order valence-electron chi connectivity index (χ1n) is 9.74. The van der Waals surface area contributed by atoms with Crippen LogP contribution < -0.4 is 5.32 Å². The molecule has 1 N–H and O–H groups in total. The summed E-state index contributed by atoms with van der Waals surface area (Å²) in [5.41, 5.74) is 3.11. The average molecular weight is 382 g/mol. The first-order valence-corrected chi connectivity index (χ1v) is 9.74. The Morgan fingerprint density at radius 2 is 2.04 bits per heavy atom. The summed E-state index contributed by atoms with van der Waals surface area (Å²) in [5.74, 6) is 0.470. The largest absolute Gasteiger partial charge is 0.359 e. The number of amides is 1. The Morgan fingerprint density at radius 3 is 2.79 bits per heavy atom. The van der Waals surface area contributed by atoms with E-state index < -0.39 is 0 Å². The number of imidazole rings is 1. The third-order valence-corrected chi connectivity index (χ3v) is 5.24. The van der Waals surface area contributed by atoms with Crippen LogP contribution in [-0.2, 0) is 13.1 Å². The van der Waals surface area contributed by atoms with Gasteiger partial charge in [-0.05, 0) is 25.1 Å². The number of carbonyl (C=O) groups is 1. The minimum absolute atomic E-state index is 0.250. The zero-order valence-corrected chi connectivity index (χ0v) is 16.4. The zero-order valence-electron chi connectivity index (χ0n) is 16.4. The van der Waals surface area contributed by atoms with E-state index in [1.54, 1.807) is 6.07 Å². The van der Waals surface area contributed by atoms with Crippen LogP contribution in [0, 0.1) is 6.92 Å². The predicted molar refractivity (Wildman–Crippen MR) is 105 cm³/mol. The number of piperazine rings is 1. The highest BCUT2D eigenvalue weighted by molar-refractivity contribution is 5.92. The van der Waals surface area contributed by atoms with Gasteiger partial charge in [-0.1, -0.05) is 18.1 Å². The molecule has 4 rings (SSSR count). The molecule has 1 aliphatic heterocycles. The summed E-state index contributed by atoms with van der Waals surface area (Å²) < 4.78 is 7.33. The molecule has 148 valence electrons. The fraction of sp³-hybridized carbons (Fsp3) is 0.450. The van der Waals surface area contributed by atoms with E-state index in [4.69, 9.17) is 4.52 Å². The summed E-state index contributed by atoms with van der Waals surface area (Å²) in [6.07, 6.45) is 3.87. The minimum atomic E-state index is -0.250. The van der Waals surface area contributed by atoms with Gasteiger partial charge in [-0.3, -0.25) is 9.69 Å². The van der Waals surface area contributed by atoms with Crippen LogP contribution in [0.5, 0.6) is 0 Å². The number of nitrogens with zero attached hydrogens (tertiary/aromatic N) is 5. The second-order valence-corrected chi connectivity index (χ2v) is 7.23. The molecule has 4 heterocycles. The van der Waals surface area contributed by atoms with Gasteiger partial charge in [-0.15, -0.1) is 0 Å². The fourth-order valence-electron chi connectivity index (χ4n) is 3.53. The molecule has 0 aliphatic carbocycles. The van der Waals surface area contributed by atoms with Crippen molar-refractivity contribution >= 4 is 11.6 Å². The summed E-state index contributed by atoms with van der Waals surface area (Å²) in [6.45, 7) is 10.5. The molecule has 0 unspecified atom stereocenters. The number of fused-ring (bicyclic) bond motifs is 1. The maximum absolute atomic E-state index is 12.4. The minimum Gasteiger partial charge on any atom is -0.359 e. The van der Waals surface area contributed by atoms with Gasteiger partial charge in [0.2, 0.25) is 0 Å². The molecule has 1 fully saturated rings. The fourth-order valence-corrected chi connectivity index (χ4v) is 3.53. The van der Waals surface area contributed by atoms with Crippen molar-refractivity contribution in [3.8, 4) is 0 Å². The number of likely N-dealkylation sites (N-methyl/N-ethyl adjacent to an activating group) is 1. The van der Waals surface area contributed by atoms with Crippen molar-refractivity contribution in [3.05, 3.63) is 53.3 Å². The second kappa shape index (κ2) is 8.12. The van der Waals surface area contributed by atoms with E-state index >= 15 is 0 Å². The van der Waals surface area contributed by atoms with Crippen LogP contribution >= 0.6 is 0 Å². The molecule has 0 spiro atoms. The van der Waals surface area contributed by atoms with Gasteiger partial charge in [0.15, 0.2) is 11.5 Å². The molecule has 0 aromatic carbocycles. The normalized spacial score (nSPS) is 15.9. The van der Waals surface area contributed by atoms with E-state index in [0.717, 1.165) is 55.4 Å². The Labute approximate surface area is 164 Å². The van der Waals surface area contributed by atoms with E-state index in [1.165, 1.54) is 0 Å². The van der Waals surface area contributed by atoms with E-state index in [0.29, 0.717) is 18.8 Å². The van der Waals surface area contributed by atoms with Gasteiger partial charge >= 0.3 is 0 Å². The number of aromatic nitrogens is 3. The molecule has 1 aliphatic rings. The van der Waals surface area contributed by atoms with E-state index in [2.05, 4.69) is 32.2 Å². The number of pyridine rings is 1. The Balaban J connectivity index is 1.32. The Hall–Kier alpha value is -2.71. The molecular weight excluding hydrogens is 356 g/mol. The van der Waals surface area contributed by atoms with Crippen LogP contribution in [0.25, 0.3) is 5.65 Å². The monoisotopic (exact) mass is 382 g/mol. The van der Waals surface area contributed by atoms with E-state index in [1.807, 2.05) is 35.9 Å². The third-order valence-electron chi connectivity index (χ3n) is 5.24. The molecule has 0 atom stereocenters. The lowest BCUT2D eigenvalue weighted by molar-refractivity contribution is 0.0940. The average Bonchev–Trinajstić information content (AvgIpc) is 3.34. The molecule has 0 bridgehead atoms. The first-order chi connectivity index (χ1) is 13.6. The number of aryl methyl sites for hydroxylation is 1. The SMILES string of the molecule is CCN1CCN(Cc2cc(C(=O)NCc3cn4cccc(C)c4n3)no2)CC1. The second-order valence-electron chi connectivity index (χ2n) is 7.23. The third kappa shape index (κ3) is 4.07. The van der Waals surface area contributed by atoms with Gasteiger partial charge in [0.25, 0.3) is 5.91 Å². The molecule has 3 aromatic heterocycles. The Morgan fingerprint density at radius 1 is 1.25 bits per heavy atom. The summed E-state index contributed by atoms with van der Waals surface area (Å²) in [6, 6.07) is 5.73. The summed E-state index contributed by atoms with van der Waals surface area (Å²) in [5, 5.41) is 6.80. The highest BCUT2D eigenvalue weighted by atomic mass is 16.5. The molecule has 3 aromatic rings. The lowest BCUT2D eigenvalue weighted by atomic mass is 10.3. The number of carbonyl (C=O) groups excluding carboxylic acids is 1. The van der Waals surface area contributed by atoms with Crippen molar-refractivity contribution < 1.29 is 9.32 Å². The van der Waals surface area contributed by atoms with Crippen molar-refractivity contribution in [2.45, 2.75) is 26.9 Å². The lowest BCUT2D eigenvalue weighted by Crippen LogP contribution is -2.45. The van der Waals surface area contributed by atoms with Crippen LogP contribution in [0.15, 0.2) is 35.1 Å². The quantitative estimate of drug-likeness (QED) is 0.699. The molecule has 0 radical (unpaired) electrons. The molecule has 1 amide bonds. The summed E-state index contributed by atoms with van der Waals surface area (Å²) in [4.78, 5) is 21.7. The molecule has 8 nitrogen and oxygen atoms in total. The van der Waals surface area contributed by atoms with Crippen molar-refractivity contribution in [1.82, 2.24) is 29.7 Å². The van der Waals surface area contributed by atoms with Gasteiger partial charge in [0.1, 0.15) is 5.65 Å². The zero-order chi connectivity index (χ0) is 19.5. The molecule has 8 heteroatoms. The van der Waals surface area contributed by atoms with Crippen LogP contribution in [-0.4, -0.2) is 63.0 Å². The molecular formula is C20H26N6O2. The molecule has 0 saturated carbocycles. The van der Waals surface area contributed by atoms with E-state index in [-0.39, 0.29) is 5.91 Å². The summed E-state index contributed by atoms with van der Waals surface area (Å²) in [7, 11) is 0. The highest BCUT2D eigenvalue weighted by Gasteiger charge is 2.19. The first kappa shape index (κ1) is 18.6. The number of rotatable bonds is 6. The van der Waals surface area contributed by atoms with Gasteiger partial charge in [0, 0.05) is 44.6 Å². The smallest absolute Gasteiger partial charge is 0.273 e. The highest BCUT2D eigenvalue weighted by Crippen LogP contribution is 2.12. The van der Waals surface area contributed by atoms with Crippen molar-refractivity contribution in [1.29, 1.82) is 0 Å². The number of nitrogens with one attached hydrogen (secondary N) is 1. The van der Waals surface area contributed by atoms with Crippen LogP contribution in [0.4, 0.5) is 0 Å². The number of hydrogen-bond acceptors (Lipinski definition) is 6. The van der Waals surface area contributed by atoms with Crippen LogP contribution in [0.2, 0.25) is 0 Å². The number of hydrogen-bond donors (Lipinski definition) is 1. The predicted octanol–water partition coefficient (Wildman–Crippen LogP) is 1.70.